The summed E-state index contributed by atoms with van der Waals surface area (Å²) >= 11 is 0. The lowest BCUT2D eigenvalue weighted by atomic mass is 10.1. The van der Waals surface area contributed by atoms with Crippen LogP contribution in [0.25, 0.3) is 0 Å². The third-order valence-electron chi connectivity index (χ3n) is 2.44. The number of methoxy groups -OCH3 is 3. The summed E-state index contributed by atoms with van der Waals surface area (Å²) in [5.74, 6) is -1.92. The first-order valence-corrected chi connectivity index (χ1v) is 5.60. The van der Waals surface area contributed by atoms with Gasteiger partial charge in [-0.3, -0.25) is 4.79 Å². The molecule has 0 amide bonds. The maximum atomic E-state index is 12.0. The van der Waals surface area contributed by atoms with E-state index in [1.54, 1.807) is 12.1 Å². The lowest BCUT2D eigenvalue weighted by Gasteiger charge is -2.04. The molecule has 0 aliphatic rings. The van der Waals surface area contributed by atoms with Crippen LogP contribution in [0.5, 0.6) is 5.75 Å². The van der Waals surface area contributed by atoms with E-state index in [0.29, 0.717) is 5.75 Å². The second-order valence-corrected chi connectivity index (χ2v) is 3.64. The highest BCUT2D eigenvalue weighted by atomic mass is 16.5. The number of hydrogen-bond acceptors (Lipinski definition) is 6. The Balaban J connectivity index is 3.12. The average Bonchev–Trinajstić information content (AvgIpc) is 2.50. The Morgan fingerprint density at radius 1 is 1.00 bits per heavy atom. The van der Waals surface area contributed by atoms with Crippen molar-refractivity contribution in [2.24, 2.45) is 0 Å². The molecule has 0 heterocycles. The van der Waals surface area contributed by atoms with Gasteiger partial charge in [0, 0.05) is 11.6 Å². The van der Waals surface area contributed by atoms with Crippen molar-refractivity contribution in [1.82, 2.24) is 0 Å². The molecule has 0 saturated carbocycles. The predicted octanol–water partition coefficient (Wildman–Crippen LogP) is 1.15. The van der Waals surface area contributed by atoms with E-state index in [1.807, 2.05) is 0 Å². The van der Waals surface area contributed by atoms with Crippen molar-refractivity contribution >= 4 is 17.7 Å². The first-order valence-electron chi connectivity index (χ1n) is 5.60. The molecular weight excluding hydrogens is 264 g/mol. The van der Waals surface area contributed by atoms with Gasteiger partial charge in [0.1, 0.15) is 11.3 Å². The molecule has 1 aromatic carbocycles. The second-order valence-electron chi connectivity index (χ2n) is 3.64. The number of ketones is 1. The molecule has 0 spiro atoms. The normalized spacial score (nSPS) is 9.35. The number of benzene rings is 1. The minimum absolute atomic E-state index is 0.273. The summed E-state index contributed by atoms with van der Waals surface area (Å²) in [5, 5.41) is 0. The molecule has 0 unspecified atom stereocenters. The standard InChI is InChI=1S/C14H14O6/c1-18-10-6-4-5-9(7-10)12(15)8-11(13(16)19-2)14(17)20-3/h4-8H,1-3H3. The molecule has 1 rings (SSSR count). The topological polar surface area (TPSA) is 78.9 Å². The number of esters is 2. The fourth-order valence-electron chi connectivity index (χ4n) is 1.41. The maximum Gasteiger partial charge on any atom is 0.345 e. The zero-order valence-corrected chi connectivity index (χ0v) is 11.3. The van der Waals surface area contributed by atoms with Crippen LogP contribution in [0.3, 0.4) is 0 Å². The van der Waals surface area contributed by atoms with Crippen LogP contribution in [0.4, 0.5) is 0 Å². The maximum absolute atomic E-state index is 12.0. The van der Waals surface area contributed by atoms with Crippen LogP contribution in [0.15, 0.2) is 35.9 Å². The van der Waals surface area contributed by atoms with Crippen molar-refractivity contribution in [2.75, 3.05) is 21.3 Å². The third kappa shape index (κ3) is 3.68. The number of carbonyl (C=O) groups excluding carboxylic acids is 3. The molecule has 6 nitrogen and oxygen atoms in total. The van der Waals surface area contributed by atoms with Gasteiger partial charge in [0.25, 0.3) is 0 Å². The zero-order valence-electron chi connectivity index (χ0n) is 11.3. The molecule has 0 N–H and O–H groups in total. The van der Waals surface area contributed by atoms with E-state index in [1.165, 1.54) is 19.2 Å². The molecule has 0 aliphatic carbocycles. The Morgan fingerprint density at radius 3 is 2.10 bits per heavy atom. The molecule has 6 heteroatoms. The lowest BCUT2D eigenvalue weighted by molar-refractivity contribution is -0.144. The van der Waals surface area contributed by atoms with Gasteiger partial charge in [-0.1, -0.05) is 12.1 Å². The number of allylic oxidation sites excluding steroid dienone is 1. The van der Waals surface area contributed by atoms with Gasteiger partial charge in [0.2, 0.25) is 0 Å². The number of rotatable bonds is 5. The van der Waals surface area contributed by atoms with E-state index in [-0.39, 0.29) is 5.56 Å². The van der Waals surface area contributed by atoms with Gasteiger partial charge in [-0.15, -0.1) is 0 Å². The summed E-state index contributed by atoms with van der Waals surface area (Å²) in [7, 11) is 3.68. The SMILES string of the molecule is COC(=O)C(=CC(=O)c1cccc(OC)c1)C(=O)OC. The van der Waals surface area contributed by atoms with Crippen LogP contribution in [0.1, 0.15) is 10.4 Å². The number of ether oxygens (including phenoxy) is 3. The highest BCUT2D eigenvalue weighted by molar-refractivity contribution is 6.20. The molecule has 0 bridgehead atoms. The van der Waals surface area contributed by atoms with Crippen molar-refractivity contribution in [3.05, 3.63) is 41.5 Å². The van der Waals surface area contributed by atoms with Crippen LogP contribution in [0.2, 0.25) is 0 Å². The minimum atomic E-state index is -0.937. The molecule has 20 heavy (non-hydrogen) atoms. The van der Waals surface area contributed by atoms with Crippen molar-refractivity contribution in [2.45, 2.75) is 0 Å². The van der Waals surface area contributed by atoms with Gasteiger partial charge in [0.05, 0.1) is 21.3 Å². The largest absolute Gasteiger partial charge is 0.497 e. The Bertz CT molecular complexity index is 541. The Morgan fingerprint density at radius 2 is 1.60 bits per heavy atom. The lowest BCUT2D eigenvalue weighted by Crippen LogP contribution is -2.17. The van der Waals surface area contributed by atoms with Gasteiger partial charge in [-0.2, -0.15) is 0 Å². The molecule has 0 atom stereocenters. The van der Waals surface area contributed by atoms with E-state index in [2.05, 4.69) is 9.47 Å². The van der Waals surface area contributed by atoms with E-state index < -0.39 is 23.3 Å². The van der Waals surface area contributed by atoms with Gasteiger partial charge in [0.15, 0.2) is 5.78 Å². The van der Waals surface area contributed by atoms with Crippen molar-refractivity contribution < 1.29 is 28.6 Å². The molecule has 0 fully saturated rings. The summed E-state index contributed by atoms with van der Waals surface area (Å²) in [6.45, 7) is 0. The minimum Gasteiger partial charge on any atom is -0.497 e. The van der Waals surface area contributed by atoms with Crippen LogP contribution >= 0.6 is 0 Å². The van der Waals surface area contributed by atoms with Crippen LogP contribution in [-0.2, 0) is 19.1 Å². The summed E-state index contributed by atoms with van der Waals surface area (Å²) in [4.78, 5) is 34.9. The third-order valence-corrected chi connectivity index (χ3v) is 2.44. The zero-order chi connectivity index (χ0) is 15.1. The van der Waals surface area contributed by atoms with E-state index in [4.69, 9.17) is 4.74 Å². The quantitative estimate of drug-likeness (QED) is 0.264. The van der Waals surface area contributed by atoms with Crippen molar-refractivity contribution in [3.63, 3.8) is 0 Å². The molecule has 0 aliphatic heterocycles. The molecule has 1 aromatic rings. The fourth-order valence-corrected chi connectivity index (χ4v) is 1.41. The van der Waals surface area contributed by atoms with Crippen molar-refractivity contribution in [3.8, 4) is 5.75 Å². The molecule has 0 radical (unpaired) electrons. The first kappa shape index (κ1) is 15.4. The number of carbonyl (C=O) groups is 3. The molecule has 0 saturated heterocycles. The van der Waals surface area contributed by atoms with Gasteiger partial charge < -0.3 is 14.2 Å². The fraction of sp³-hybridized carbons (Fsp3) is 0.214. The molecular formula is C14H14O6. The van der Waals surface area contributed by atoms with Gasteiger partial charge in [-0.05, 0) is 12.1 Å². The average molecular weight is 278 g/mol. The summed E-state index contributed by atoms with van der Waals surface area (Å²) in [6.07, 6.45) is 0.881. The monoisotopic (exact) mass is 278 g/mol. The van der Waals surface area contributed by atoms with Crippen LogP contribution in [0, 0.1) is 0 Å². The Kier molecular flexibility index (Phi) is 5.46. The van der Waals surface area contributed by atoms with Gasteiger partial charge >= 0.3 is 11.9 Å². The summed E-state index contributed by atoms with van der Waals surface area (Å²) in [6, 6.07) is 6.32. The Labute approximate surface area is 115 Å². The predicted molar refractivity (Wildman–Crippen MR) is 69.4 cm³/mol. The van der Waals surface area contributed by atoms with Crippen LogP contribution in [-0.4, -0.2) is 39.1 Å². The highest BCUT2D eigenvalue weighted by Gasteiger charge is 2.21. The second kappa shape index (κ2) is 7.08. The Hall–Kier alpha value is -2.63. The van der Waals surface area contributed by atoms with E-state index in [9.17, 15) is 14.4 Å². The van der Waals surface area contributed by atoms with Gasteiger partial charge in [-0.25, -0.2) is 9.59 Å². The van der Waals surface area contributed by atoms with E-state index >= 15 is 0 Å². The summed E-state index contributed by atoms with van der Waals surface area (Å²) in [5.41, 5.74) is -0.197. The van der Waals surface area contributed by atoms with Crippen LogP contribution < -0.4 is 4.74 Å². The first-order chi connectivity index (χ1) is 9.53. The van der Waals surface area contributed by atoms with Crippen molar-refractivity contribution in [1.29, 1.82) is 0 Å². The summed E-state index contributed by atoms with van der Waals surface area (Å²) < 4.78 is 13.9. The number of hydrogen-bond donors (Lipinski definition) is 0. The molecule has 106 valence electrons. The molecule has 0 aromatic heterocycles. The van der Waals surface area contributed by atoms with E-state index in [0.717, 1.165) is 20.3 Å². The highest BCUT2D eigenvalue weighted by Crippen LogP contribution is 2.14. The smallest absolute Gasteiger partial charge is 0.345 e.